The van der Waals surface area contributed by atoms with Crippen LogP contribution in [0.5, 0.6) is 0 Å². The molecule has 2 nitrogen and oxygen atoms in total. The van der Waals surface area contributed by atoms with Gasteiger partial charge >= 0.3 is 0 Å². The fraction of sp³-hybridized carbons (Fsp3) is 0.882. The number of hydrogen-bond acceptors (Lipinski definition) is 2. The van der Waals surface area contributed by atoms with E-state index < -0.39 is 0 Å². The highest BCUT2D eigenvalue weighted by molar-refractivity contribution is 4.96. The van der Waals surface area contributed by atoms with Gasteiger partial charge in [-0.3, -0.25) is 0 Å². The maximum absolute atomic E-state index is 6.06. The van der Waals surface area contributed by atoms with Gasteiger partial charge in [-0.2, -0.15) is 0 Å². The second kappa shape index (κ2) is 7.44. The Morgan fingerprint density at radius 3 is 2.42 bits per heavy atom. The Kier molecular flexibility index (Phi) is 6.55. The summed E-state index contributed by atoms with van der Waals surface area (Å²) < 4.78 is 0. The summed E-state index contributed by atoms with van der Waals surface area (Å²) in [6, 6.07) is 0. The molecule has 0 aromatic rings. The van der Waals surface area contributed by atoms with Gasteiger partial charge in [0, 0.05) is 12.1 Å². The topological polar surface area (TPSA) is 38.0 Å². The van der Waals surface area contributed by atoms with Crippen molar-refractivity contribution in [1.82, 2.24) is 5.32 Å². The van der Waals surface area contributed by atoms with E-state index in [-0.39, 0.29) is 5.54 Å². The molecule has 0 heterocycles. The normalized spacial score (nSPS) is 29.0. The summed E-state index contributed by atoms with van der Waals surface area (Å²) in [5, 5.41) is 3.73. The molecular formula is C17H34N2. The monoisotopic (exact) mass is 266 g/mol. The van der Waals surface area contributed by atoms with Crippen molar-refractivity contribution in [2.24, 2.45) is 17.1 Å². The molecule has 1 aliphatic carbocycles. The number of hydrogen-bond donors (Lipinski definition) is 2. The van der Waals surface area contributed by atoms with Crippen molar-refractivity contribution < 1.29 is 0 Å². The standard InChI is InChI=1S/C17H34N2/c1-5-7-8-13-19-17(14-18)11-9-15(10-12-17)16(3,4)6-2/h5,7,15,19H,6,8-14,18H2,1-4H3/b7-5+. The highest BCUT2D eigenvalue weighted by Gasteiger charge is 2.38. The molecule has 1 aliphatic rings. The summed E-state index contributed by atoms with van der Waals surface area (Å²) in [5.41, 5.74) is 6.76. The van der Waals surface area contributed by atoms with Crippen molar-refractivity contribution >= 4 is 0 Å². The number of nitrogens with two attached hydrogens (primary N) is 1. The van der Waals surface area contributed by atoms with Gasteiger partial charge in [-0.25, -0.2) is 0 Å². The van der Waals surface area contributed by atoms with E-state index in [1.54, 1.807) is 0 Å². The van der Waals surface area contributed by atoms with Crippen LogP contribution in [0.2, 0.25) is 0 Å². The Morgan fingerprint density at radius 1 is 1.32 bits per heavy atom. The van der Waals surface area contributed by atoms with Gasteiger partial charge in [0.25, 0.3) is 0 Å². The molecule has 0 spiro atoms. The average Bonchev–Trinajstić information content (AvgIpc) is 2.44. The highest BCUT2D eigenvalue weighted by atomic mass is 15.0. The van der Waals surface area contributed by atoms with Crippen LogP contribution in [0, 0.1) is 11.3 Å². The van der Waals surface area contributed by atoms with Crippen LogP contribution < -0.4 is 11.1 Å². The zero-order valence-electron chi connectivity index (χ0n) is 13.5. The summed E-state index contributed by atoms with van der Waals surface area (Å²) in [7, 11) is 0. The molecule has 0 radical (unpaired) electrons. The van der Waals surface area contributed by atoms with Crippen LogP contribution in [0.3, 0.4) is 0 Å². The van der Waals surface area contributed by atoms with Crippen LogP contribution in [0.15, 0.2) is 12.2 Å². The van der Waals surface area contributed by atoms with E-state index in [2.05, 4.69) is 45.2 Å². The zero-order valence-corrected chi connectivity index (χ0v) is 13.5. The minimum atomic E-state index is 0.210. The SMILES string of the molecule is C/C=C/CCNC1(CN)CCC(C(C)(C)CC)CC1. The van der Waals surface area contributed by atoms with Gasteiger partial charge in [-0.15, -0.1) is 0 Å². The molecule has 0 aromatic heterocycles. The number of nitrogens with one attached hydrogen (secondary N) is 1. The first-order valence-electron chi connectivity index (χ1n) is 8.06. The van der Waals surface area contributed by atoms with Crippen molar-refractivity contribution in [3.05, 3.63) is 12.2 Å². The predicted molar refractivity (Wildman–Crippen MR) is 85.2 cm³/mol. The molecule has 0 aromatic carbocycles. The molecule has 0 unspecified atom stereocenters. The van der Waals surface area contributed by atoms with Crippen LogP contribution in [-0.2, 0) is 0 Å². The Bertz CT molecular complexity index is 273. The molecular weight excluding hydrogens is 232 g/mol. The Morgan fingerprint density at radius 2 is 1.95 bits per heavy atom. The maximum Gasteiger partial charge on any atom is 0.0304 e. The van der Waals surface area contributed by atoms with E-state index >= 15 is 0 Å². The molecule has 1 fully saturated rings. The molecule has 0 atom stereocenters. The predicted octanol–water partition coefficient (Wildman–Crippen LogP) is 3.87. The molecule has 1 saturated carbocycles. The van der Waals surface area contributed by atoms with Crippen LogP contribution in [-0.4, -0.2) is 18.6 Å². The molecule has 3 N–H and O–H groups in total. The number of allylic oxidation sites excluding steroid dienone is 1. The first-order chi connectivity index (χ1) is 8.99. The fourth-order valence-electron chi connectivity index (χ4n) is 3.28. The van der Waals surface area contributed by atoms with Crippen LogP contribution in [0.4, 0.5) is 0 Å². The van der Waals surface area contributed by atoms with Gasteiger partial charge in [0.1, 0.15) is 0 Å². The van der Waals surface area contributed by atoms with E-state index in [0.29, 0.717) is 5.41 Å². The van der Waals surface area contributed by atoms with Gasteiger partial charge in [-0.1, -0.05) is 39.3 Å². The van der Waals surface area contributed by atoms with E-state index in [9.17, 15) is 0 Å². The lowest BCUT2D eigenvalue weighted by Gasteiger charge is -2.45. The first kappa shape index (κ1) is 16.7. The maximum atomic E-state index is 6.06. The second-order valence-corrected chi connectivity index (χ2v) is 6.89. The summed E-state index contributed by atoms with van der Waals surface area (Å²) in [5.74, 6) is 0.870. The molecule has 1 rings (SSSR count). The third-order valence-corrected chi connectivity index (χ3v) is 5.40. The second-order valence-electron chi connectivity index (χ2n) is 6.89. The first-order valence-corrected chi connectivity index (χ1v) is 8.06. The van der Waals surface area contributed by atoms with Crippen LogP contribution in [0.25, 0.3) is 0 Å². The summed E-state index contributed by atoms with van der Waals surface area (Å²) >= 11 is 0. The van der Waals surface area contributed by atoms with E-state index in [0.717, 1.165) is 25.4 Å². The highest BCUT2D eigenvalue weighted by Crippen LogP contribution is 2.43. The third-order valence-electron chi connectivity index (χ3n) is 5.40. The van der Waals surface area contributed by atoms with E-state index in [1.807, 2.05) is 0 Å². The summed E-state index contributed by atoms with van der Waals surface area (Å²) in [6.45, 7) is 11.1. The third kappa shape index (κ3) is 4.61. The van der Waals surface area contributed by atoms with Crippen LogP contribution in [0.1, 0.15) is 66.2 Å². The van der Waals surface area contributed by atoms with Gasteiger partial charge in [0.05, 0.1) is 0 Å². The zero-order chi connectivity index (χ0) is 14.4. The Balaban J connectivity index is 2.47. The van der Waals surface area contributed by atoms with Gasteiger partial charge in [-0.05, 0) is 56.9 Å². The fourth-order valence-corrected chi connectivity index (χ4v) is 3.28. The van der Waals surface area contributed by atoms with Gasteiger partial charge in [0.2, 0.25) is 0 Å². The van der Waals surface area contributed by atoms with Crippen molar-refractivity contribution in [3.8, 4) is 0 Å². The molecule has 2 heteroatoms. The smallest absolute Gasteiger partial charge is 0.0304 e. The average molecular weight is 266 g/mol. The Labute approximate surface area is 120 Å². The molecule has 0 aliphatic heterocycles. The molecule has 0 saturated heterocycles. The lowest BCUT2D eigenvalue weighted by Crippen LogP contribution is -2.54. The van der Waals surface area contributed by atoms with Crippen molar-refractivity contribution in [3.63, 3.8) is 0 Å². The van der Waals surface area contributed by atoms with Gasteiger partial charge in [0.15, 0.2) is 0 Å². The lowest BCUT2D eigenvalue weighted by molar-refractivity contribution is 0.102. The molecule has 0 bridgehead atoms. The molecule has 0 amide bonds. The quantitative estimate of drug-likeness (QED) is 0.542. The minimum Gasteiger partial charge on any atom is -0.329 e. The molecule has 19 heavy (non-hydrogen) atoms. The van der Waals surface area contributed by atoms with Crippen molar-refractivity contribution in [1.29, 1.82) is 0 Å². The summed E-state index contributed by atoms with van der Waals surface area (Å²) in [4.78, 5) is 0. The lowest BCUT2D eigenvalue weighted by atomic mass is 9.65. The van der Waals surface area contributed by atoms with E-state index in [4.69, 9.17) is 5.73 Å². The van der Waals surface area contributed by atoms with Crippen molar-refractivity contribution in [2.45, 2.75) is 71.8 Å². The Hall–Kier alpha value is -0.340. The van der Waals surface area contributed by atoms with Crippen molar-refractivity contribution in [2.75, 3.05) is 13.1 Å². The summed E-state index contributed by atoms with van der Waals surface area (Å²) in [6.07, 6.45) is 11.9. The molecule has 112 valence electrons. The van der Waals surface area contributed by atoms with E-state index in [1.165, 1.54) is 32.1 Å². The minimum absolute atomic E-state index is 0.210. The van der Waals surface area contributed by atoms with Gasteiger partial charge < -0.3 is 11.1 Å². The number of rotatable bonds is 7. The largest absolute Gasteiger partial charge is 0.329 e. The van der Waals surface area contributed by atoms with Crippen LogP contribution >= 0.6 is 0 Å².